The number of nitrogens with zero attached hydrogens (tertiary/aromatic N) is 3. The number of benzene rings is 6. The molecule has 49 heavy (non-hydrogen) atoms. The Labute approximate surface area is 282 Å². The number of aromatic nitrogens is 3. The first-order valence-electron chi connectivity index (χ1n) is 15.7. The molecule has 0 aliphatic rings. The standard InChI is InChI=1S/C40H27N3O5S/c1-19-11-3-4-12-21(19)28-20(2)22-13-5-6-14-23(22)32-29(28)24-15-7-9-17-26(24)43(32)40-38-31(25-16-8-10-18-27(25)49-38)41-39(42-40)30-33(44)35(46)37(48)36(47)34(30)45/h3-18,44-48H,1-2H3. The van der Waals surface area contributed by atoms with Gasteiger partial charge in [0.05, 0.1) is 21.3 Å². The zero-order valence-corrected chi connectivity index (χ0v) is 27.0. The fourth-order valence-electron chi connectivity index (χ4n) is 7.23. The zero-order chi connectivity index (χ0) is 33.7. The van der Waals surface area contributed by atoms with Crippen LogP contribution in [-0.2, 0) is 0 Å². The topological polar surface area (TPSA) is 132 Å². The molecule has 9 heteroatoms. The van der Waals surface area contributed by atoms with Crippen LogP contribution >= 0.6 is 11.3 Å². The van der Waals surface area contributed by atoms with E-state index >= 15 is 0 Å². The van der Waals surface area contributed by atoms with Gasteiger partial charge in [0.25, 0.3) is 0 Å². The lowest BCUT2D eigenvalue weighted by molar-refractivity contribution is 0.330. The van der Waals surface area contributed by atoms with Crippen molar-refractivity contribution in [3.63, 3.8) is 0 Å². The highest BCUT2D eigenvalue weighted by atomic mass is 32.1. The summed E-state index contributed by atoms with van der Waals surface area (Å²) in [7, 11) is 0. The van der Waals surface area contributed by atoms with Gasteiger partial charge in [0, 0.05) is 26.2 Å². The van der Waals surface area contributed by atoms with Gasteiger partial charge in [-0.3, -0.25) is 4.57 Å². The Morgan fingerprint density at radius 1 is 0.571 bits per heavy atom. The number of rotatable bonds is 3. The maximum atomic E-state index is 11.0. The van der Waals surface area contributed by atoms with E-state index in [2.05, 4.69) is 60.9 Å². The number of para-hydroxylation sites is 1. The Morgan fingerprint density at radius 2 is 1.16 bits per heavy atom. The van der Waals surface area contributed by atoms with Crippen LogP contribution in [0.2, 0.25) is 0 Å². The third kappa shape index (κ3) is 3.90. The van der Waals surface area contributed by atoms with Crippen molar-refractivity contribution in [2.45, 2.75) is 13.8 Å². The van der Waals surface area contributed by atoms with Crippen LogP contribution in [0, 0.1) is 13.8 Å². The van der Waals surface area contributed by atoms with Crippen LogP contribution in [-0.4, -0.2) is 40.1 Å². The van der Waals surface area contributed by atoms with Gasteiger partial charge in [0.2, 0.25) is 17.2 Å². The summed E-state index contributed by atoms with van der Waals surface area (Å²) in [6.45, 7) is 4.28. The lowest BCUT2D eigenvalue weighted by Gasteiger charge is -2.17. The highest BCUT2D eigenvalue weighted by Crippen LogP contribution is 2.55. The van der Waals surface area contributed by atoms with E-state index in [1.807, 2.05) is 54.6 Å². The summed E-state index contributed by atoms with van der Waals surface area (Å²) in [5.41, 5.74) is 6.51. The van der Waals surface area contributed by atoms with Crippen LogP contribution in [0.4, 0.5) is 0 Å². The van der Waals surface area contributed by atoms with Crippen molar-refractivity contribution in [2.75, 3.05) is 0 Å². The summed E-state index contributed by atoms with van der Waals surface area (Å²) in [4.78, 5) is 9.84. The molecule has 5 N–H and O–H groups in total. The third-order valence-corrected chi connectivity index (χ3v) is 10.7. The van der Waals surface area contributed by atoms with Gasteiger partial charge < -0.3 is 25.5 Å². The zero-order valence-electron chi connectivity index (χ0n) is 26.2. The summed E-state index contributed by atoms with van der Waals surface area (Å²) < 4.78 is 3.84. The molecule has 3 heterocycles. The molecule has 0 bridgehead atoms. The number of hydrogen-bond acceptors (Lipinski definition) is 8. The van der Waals surface area contributed by atoms with E-state index in [0.717, 1.165) is 69.6 Å². The molecule has 3 aromatic heterocycles. The molecule has 0 atom stereocenters. The van der Waals surface area contributed by atoms with E-state index in [-0.39, 0.29) is 5.82 Å². The molecule has 6 aromatic carbocycles. The Balaban J connectivity index is 1.54. The van der Waals surface area contributed by atoms with Gasteiger partial charge in [-0.05, 0) is 53.6 Å². The number of hydrogen-bond donors (Lipinski definition) is 5. The van der Waals surface area contributed by atoms with Crippen molar-refractivity contribution < 1.29 is 25.5 Å². The molecule has 0 aliphatic heterocycles. The Hall–Kier alpha value is -6.32. The fraction of sp³-hybridized carbons (Fsp3) is 0.0500. The first-order chi connectivity index (χ1) is 23.8. The molecule has 0 saturated carbocycles. The quantitative estimate of drug-likeness (QED) is 0.0941. The Bertz CT molecular complexity index is 2840. The minimum absolute atomic E-state index is 0.145. The summed E-state index contributed by atoms with van der Waals surface area (Å²) in [5.74, 6) is -4.41. The first-order valence-corrected chi connectivity index (χ1v) is 16.5. The number of phenolic OH excluding ortho intramolecular Hbond substituents is 5. The predicted octanol–water partition coefficient (Wildman–Crippen LogP) is 9.57. The second kappa shape index (κ2) is 10.3. The van der Waals surface area contributed by atoms with E-state index in [0.29, 0.717) is 11.3 Å². The van der Waals surface area contributed by atoms with Gasteiger partial charge in [0.15, 0.2) is 23.1 Å². The van der Waals surface area contributed by atoms with E-state index in [9.17, 15) is 25.5 Å². The van der Waals surface area contributed by atoms with Crippen LogP contribution in [0.1, 0.15) is 11.1 Å². The summed E-state index contributed by atoms with van der Waals surface area (Å²) in [6.07, 6.45) is 0. The molecule has 9 rings (SSSR count). The molecular formula is C40H27N3O5S. The lowest BCUT2D eigenvalue weighted by Crippen LogP contribution is -2.03. The second-order valence-electron chi connectivity index (χ2n) is 12.2. The summed E-state index contributed by atoms with van der Waals surface area (Å²) >= 11 is 1.53. The smallest absolute Gasteiger partial charge is 0.208 e. The Morgan fingerprint density at radius 3 is 1.90 bits per heavy atom. The van der Waals surface area contributed by atoms with E-state index in [1.54, 1.807) is 0 Å². The van der Waals surface area contributed by atoms with Crippen LogP contribution in [0.15, 0.2) is 97.1 Å². The minimum Gasteiger partial charge on any atom is -0.504 e. The monoisotopic (exact) mass is 661 g/mol. The molecule has 238 valence electrons. The number of fused-ring (bicyclic) bond motifs is 8. The first kappa shape index (κ1) is 28.9. The van der Waals surface area contributed by atoms with Crippen LogP contribution in [0.25, 0.3) is 81.2 Å². The van der Waals surface area contributed by atoms with Gasteiger partial charge in [-0.25, -0.2) is 9.97 Å². The summed E-state index contributed by atoms with van der Waals surface area (Å²) in [6, 6.07) is 32.7. The van der Waals surface area contributed by atoms with Crippen LogP contribution in [0.5, 0.6) is 28.7 Å². The minimum atomic E-state index is -1.05. The largest absolute Gasteiger partial charge is 0.504 e. The third-order valence-electron chi connectivity index (χ3n) is 9.51. The van der Waals surface area contributed by atoms with Crippen LogP contribution < -0.4 is 0 Å². The van der Waals surface area contributed by atoms with Gasteiger partial charge >= 0.3 is 0 Å². The van der Waals surface area contributed by atoms with Crippen molar-refractivity contribution in [1.29, 1.82) is 0 Å². The van der Waals surface area contributed by atoms with E-state index < -0.39 is 34.3 Å². The van der Waals surface area contributed by atoms with Gasteiger partial charge in [-0.2, -0.15) is 0 Å². The average molecular weight is 662 g/mol. The lowest BCUT2D eigenvalue weighted by atomic mass is 9.88. The molecule has 8 nitrogen and oxygen atoms in total. The molecule has 0 radical (unpaired) electrons. The maximum Gasteiger partial charge on any atom is 0.208 e. The number of aryl methyl sites for hydroxylation is 2. The normalized spacial score (nSPS) is 11.9. The molecule has 0 saturated heterocycles. The SMILES string of the molecule is Cc1ccccc1-c1c(C)c2ccccc2c2c1c1ccccc1n2-c1nc(-c2c(O)c(O)c(O)c(O)c2O)nc2c1sc1ccccc12. The van der Waals surface area contributed by atoms with Crippen molar-refractivity contribution in [3.8, 4) is 57.1 Å². The molecule has 0 spiro atoms. The molecule has 0 aliphatic carbocycles. The summed E-state index contributed by atoms with van der Waals surface area (Å²) in [5, 5.41) is 58.3. The van der Waals surface area contributed by atoms with Crippen LogP contribution in [0.3, 0.4) is 0 Å². The van der Waals surface area contributed by atoms with Gasteiger partial charge in [0.1, 0.15) is 5.56 Å². The molecule has 0 fully saturated rings. The highest BCUT2D eigenvalue weighted by molar-refractivity contribution is 7.26. The van der Waals surface area contributed by atoms with Crippen molar-refractivity contribution in [2.24, 2.45) is 0 Å². The number of thiophene rings is 1. The van der Waals surface area contributed by atoms with Crippen molar-refractivity contribution in [3.05, 3.63) is 108 Å². The number of aromatic hydroxyl groups is 5. The Kier molecular flexibility index (Phi) is 6.09. The van der Waals surface area contributed by atoms with Gasteiger partial charge in [-0.1, -0.05) is 84.9 Å². The molecule has 0 unspecified atom stereocenters. The van der Waals surface area contributed by atoms with Gasteiger partial charge in [-0.15, -0.1) is 11.3 Å². The highest BCUT2D eigenvalue weighted by Gasteiger charge is 2.29. The van der Waals surface area contributed by atoms with Crippen molar-refractivity contribution in [1.82, 2.24) is 14.5 Å². The van der Waals surface area contributed by atoms with E-state index in [1.165, 1.54) is 11.3 Å². The fourth-order valence-corrected chi connectivity index (χ4v) is 8.36. The molecule has 0 amide bonds. The molecular weight excluding hydrogens is 635 g/mol. The second-order valence-corrected chi connectivity index (χ2v) is 13.3. The maximum absolute atomic E-state index is 11.0. The van der Waals surface area contributed by atoms with Crippen molar-refractivity contribution >= 4 is 64.2 Å². The predicted molar refractivity (Wildman–Crippen MR) is 195 cm³/mol. The number of phenols is 5. The van der Waals surface area contributed by atoms with E-state index in [4.69, 9.17) is 9.97 Å². The molecule has 9 aromatic rings. The average Bonchev–Trinajstić information content (AvgIpc) is 3.67.